The lowest BCUT2D eigenvalue weighted by Crippen LogP contribution is -2.51. The molecule has 1 saturated heterocycles. The maximum atomic E-state index is 14.9. The van der Waals surface area contributed by atoms with Crippen LogP contribution in [0.2, 0.25) is 0 Å². The third-order valence-corrected chi connectivity index (χ3v) is 9.27. The maximum absolute atomic E-state index is 14.9. The molecule has 0 unspecified atom stereocenters. The Morgan fingerprint density at radius 3 is 2.48 bits per heavy atom. The van der Waals surface area contributed by atoms with E-state index in [1.54, 1.807) is 74.1 Å². The van der Waals surface area contributed by atoms with E-state index < -0.39 is 46.5 Å². The molecule has 1 saturated carbocycles. The molecule has 12 heteroatoms. The van der Waals surface area contributed by atoms with Gasteiger partial charge in [-0.15, -0.1) is 0 Å². The Kier molecular flexibility index (Phi) is 10.1. The van der Waals surface area contributed by atoms with Gasteiger partial charge in [0, 0.05) is 45.1 Å². The van der Waals surface area contributed by atoms with Gasteiger partial charge in [0.25, 0.3) is 5.91 Å². The first-order chi connectivity index (χ1) is 23.9. The van der Waals surface area contributed by atoms with Gasteiger partial charge in [-0.2, -0.15) is 0 Å². The molecular weight excluding hydrogens is 651 g/mol. The molecule has 50 heavy (non-hydrogen) atoms. The summed E-state index contributed by atoms with van der Waals surface area (Å²) in [6.45, 7) is 6.46. The number of benzene rings is 3. The fourth-order valence-electron chi connectivity index (χ4n) is 6.79. The SMILES string of the molecule is COCCCN1C(=O)COc2ccc(N(C(=O)[C@H]3CN(C(=O)OC(C)(C)C)CC[C@@H]3c3cccc(-c4c(F)ccc(F)c4F)c3)C3CC3)cc21. The van der Waals surface area contributed by atoms with Crippen LogP contribution in [-0.2, 0) is 19.1 Å². The fourth-order valence-corrected chi connectivity index (χ4v) is 6.79. The summed E-state index contributed by atoms with van der Waals surface area (Å²) in [6, 6.07) is 13.4. The quantitative estimate of drug-likeness (QED) is 0.176. The van der Waals surface area contributed by atoms with E-state index in [1.807, 2.05) is 0 Å². The van der Waals surface area contributed by atoms with Crippen molar-refractivity contribution in [3.05, 3.63) is 77.6 Å². The minimum Gasteiger partial charge on any atom is -0.482 e. The molecule has 1 aliphatic carbocycles. The average molecular weight is 694 g/mol. The zero-order valence-corrected chi connectivity index (χ0v) is 28.7. The molecule has 6 rings (SSSR count). The molecule has 3 aromatic rings. The van der Waals surface area contributed by atoms with Crippen LogP contribution >= 0.6 is 0 Å². The second kappa shape index (κ2) is 14.3. The van der Waals surface area contributed by atoms with Crippen molar-refractivity contribution in [2.45, 2.75) is 64.0 Å². The number of hydrogen-bond acceptors (Lipinski definition) is 6. The summed E-state index contributed by atoms with van der Waals surface area (Å²) < 4.78 is 60.5. The molecule has 0 N–H and O–H groups in total. The fraction of sp³-hybridized carbons (Fsp3) is 0.447. The monoisotopic (exact) mass is 693 g/mol. The molecule has 3 aromatic carbocycles. The molecule has 0 spiro atoms. The number of amides is 3. The van der Waals surface area contributed by atoms with Crippen molar-refractivity contribution in [1.29, 1.82) is 0 Å². The molecule has 2 aliphatic heterocycles. The Morgan fingerprint density at radius 1 is 1.00 bits per heavy atom. The molecule has 2 atom stereocenters. The Balaban J connectivity index is 1.37. The Bertz CT molecular complexity index is 1770. The molecule has 3 aliphatic rings. The molecular formula is C38H42F3N3O6. The predicted molar refractivity (Wildman–Crippen MR) is 182 cm³/mol. The number of nitrogens with zero attached hydrogens (tertiary/aromatic N) is 3. The van der Waals surface area contributed by atoms with Crippen LogP contribution in [0.25, 0.3) is 11.1 Å². The van der Waals surface area contributed by atoms with Gasteiger partial charge in [0.15, 0.2) is 18.2 Å². The van der Waals surface area contributed by atoms with Crippen LogP contribution in [0, 0.1) is 23.4 Å². The van der Waals surface area contributed by atoms with Crippen molar-refractivity contribution in [3.8, 4) is 16.9 Å². The Morgan fingerprint density at radius 2 is 1.76 bits per heavy atom. The van der Waals surface area contributed by atoms with Crippen molar-refractivity contribution < 1.29 is 41.8 Å². The summed E-state index contributed by atoms with van der Waals surface area (Å²) in [4.78, 5) is 46.0. The average Bonchev–Trinajstić information content (AvgIpc) is 3.92. The highest BCUT2D eigenvalue weighted by Crippen LogP contribution is 2.43. The maximum Gasteiger partial charge on any atom is 0.410 e. The smallest absolute Gasteiger partial charge is 0.410 e. The zero-order valence-electron chi connectivity index (χ0n) is 28.7. The summed E-state index contributed by atoms with van der Waals surface area (Å²) in [5.41, 5.74) is 0.704. The number of fused-ring (bicyclic) bond motifs is 1. The largest absolute Gasteiger partial charge is 0.482 e. The summed E-state index contributed by atoms with van der Waals surface area (Å²) in [6.07, 6.45) is 1.99. The van der Waals surface area contributed by atoms with Crippen LogP contribution in [-0.4, -0.2) is 74.4 Å². The predicted octanol–water partition coefficient (Wildman–Crippen LogP) is 7.07. The van der Waals surface area contributed by atoms with E-state index in [-0.39, 0.29) is 43.1 Å². The summed E-state index contributed by atoms with van der Waals surface area (Å²) >= 11 is 0. The third kappa shape index (κ3) is 7.45. The van der Waals surface area contributed by atoms with Crippen LogP contribution < -0.4 is 14.5 Å². The lowest BCUT2D eigenvalue weighted by Gasteiger charge is -2.41. The van der Waals surface area contributed by atoms with Crippen molar-refractivity contribution in [2.75, 3.05) is 49.8 Å². The Labute approximate surface area is 289 Å². The standard InChI is InChI=1S/C38H42F3N3O6/c1-38(2,3)50-37(47)42-17-15-27(23-7-5-8-24(19-23)34-29(39)12-13-30(40)35(34)41)28(21-42)36(46)44(25-9-10-25)26-11-14-32-31(20-26)43(16-6-18-48-4)33(45)22-49-32/h5,7-8,11-14,19-20,25,27-28H,6,9-10,15-18,21-22H2,1-4H3/t27-,28+/m1/s1. The van der Waals surface area contributed by atoms with Crippen LogP contribution in [0.3, 0.4) is 0 Å². The zero-order chi connectivity index (χ0) is 35.7. The second-order valence-corrected chi connectivity index (χ2v) is 14.0. The van der Waals surface area contributed by atoms with E-state index in [0.717, 1.165) is 25.0 Å². The van der Waals surface area contributed by atoms with Crippen LogP contribution in [0.4, 0.5) is 29.3 Å². The van der Waals surface area contributed by atoms with Gasteiger partial charge in [-0.1, -0.05) is 24.3 Å². The van der Waals surface area contributed by atoms with Gasteiger partial charge in [-0.25, -0.2) is 18.0 Å². The number of likely N-dealkylation sites (tertiary alicyclic amines) is 1. The van der Waals surface area contributed by atoms with Gasteiger partial charge in [0.05, 0.1) is 17.2 Å². The molecule has 9 nitrogen and oxygen atoms in total. The number of rotatable bonds is 9. The molecule has 0 aromatic heterocycles. The summed E-state index contributed by atoms with van der Waals surface area (Å²) in [5.74, 6) is -4.46. The van der Waals surface area contributed by atoms with Gasteiger partial charge in [0.1, 0.15) is 17.2 Å². The first kappa shape index (κ1) is 35.3. The number of anilines is 2. The number of carbonyl (C=O) groups is 3. The minimum absolute atomic E-state index is 0.0459. The first-order valence-electron chi connectivity index (χ1n) is 17.0. The highest BCUT2D eigenvalue weighted by atomic mass is 19.2. The van der Waals surface area contributed by atoms with Gasteiger partial charge in [-0.3, -0.25) is 9.59 Å². The molecule has 3 amide bonds. The van der Waals surface area contributed by atoms with Gasteiger partial charge < -0.3 is 28.9 Å². The first-order valence-corrected chi connectivity index (χ1v) is 17.0. The van der Waals surface area contributed by atoms with Gasteiger partial charge >= 0.3 is 6.09 Å². The highest BCUT2D eigenvalue weighted by Gasteiger charge is 2.44. The van der Waals surface area contributed by atoms with Crippen LogP contribution in [0.5, 0.6) is 5.75 Å². The van der Waals surface area contributed by atoms with E-state index in [2.05, 4.69) is 0 Å². The van der Waals surface area contributed by atoms with Crippen molar-refractivity contribution in [3.63, 3.8) is 0 Å². The summed E-state index contributed by atoms with van der Waals surface area (Å²) in [7, 11) is 1.60. The lowest BCUT2D eigenvalue weighted by atomic mass is 9.78. The highest BCUT2D eigenvalue weighted by molar-refractivity contribution is 6.01. The van der Waals surface area contributed by atoms with E-state index in [0.29, 0.717) is 48.7 Å². The van der Waals surface area contributed by atoms with Gasteiger partial charge in [0.2, 0.25) is 5.91 Å². The number of hydrogen-bond donors (Lipinski definition) is 0. The van der Waals surface area contributed by atoms with Crippen LogP contribution in [0.1, 0.15) is 57.9 Å². The third-order valence-electron chi connectivity index (χ3n) is 9.27. The number of carbonyl (C=O) groups excluding carboxylic acids is 3. The number of ether oxygens (including phenoxy) is 3. The molecule has 2 heterocycles. The number of piperidine rings is 1. The molecule has 2 fully saturated rings. The van der Waals surface area contributed by atoms with Crippen molar-refractivity contribution in [2.24, 2.45) is 5.92 Å². The number of halogens is 3. The van der Waals surface area contributed by atoms with Crippen LogP contribution in [0.15, 0.2) is 54.6 Å². The van der Waals surface area contributed by atoms with Crippen molar-refractivity contribution >= 4 is 29.3 Å². The topological polar surface area (TPSA) is 88.6 Å². The van der Waals surface area contributed by atoms with Gasteiger partial charge in [-0.05, 0) is 93.8 Å². The minimum atomic E-state index is -1.29. The molecule has 0 bridgehead atoms. The molecule has 266 valence electrons. The lowest BCUT2D eigenvalue weighted by molar-refractivity contribution is -0.124. The molecule has 0 radical (unpaired) electrons. The van der Waals surface area contributed by atoms with E-state index >= 15 is 0 Å². The van der Waals surface area contributed by atoms with E-state index in [9.17, 15) is 27.6 Å². The normalized spacial score (nSPS) is 19.1. The van der Waals surface area contributed by atoms with E-state index in [4.69, 9.17) is 14.2 Å². The number of methoxy groups -OCH3 is 1. The van der Waals surface area contributed by atoms with E-state index in [1.165, 1.54) is 11.0 Å². The second-order valence-electron chi connectivity index (χ2n) is 14.0. The summed E-state index contributed by atoms with van der Waals surface area (Å²) in [5, 5.41) is 0. The Hall–Kier alpha value is -4.58. The van der Waals surface area contributed by atoms with Crippen molar-refractivity contribution in [1.82, 2.24) is 4.90 Å².